The molecule has 1 aromatic carbocycles. The summed E-state index contributed by atoms with van der Waals surface area (Å²) >= 11 is 1.35. The highest BCUT2D eigenvalue weighted by molar-refractivity contribution is 7.99. The van der Waals surface area contributed by atoms with Crippen LogP contribution >= 0.6 is 11.8 Å². The monoisotopic (exact) mass is 372 g/mol. The zero-order valence-corrected chi connectivity index (χ0v) is 15.7. The minimum atomic E-state index is -0.116. The van der Waals surface area contributed by atoms with Crippen molar-refractivity contribution in [3.8, 4) is 17.1 Å². The number of aromatic nitrogens is 3. The standard InChI is InChI=1S/C18H20N4O3S/c1-4-22-17(15-8-9-25-12(15)2)20-21-18(22)26-11-16(23)19-13-6-5-7-14(10-13)24-3/h5-10H,4,11H2,1-3H3,(H,19,23). The molecular weight excluding hydrogens is 352 g/mol. The summed E-state index contributed by atoms with van der Waals surface area (Å²) in [5.74, 6) is 2.35. The molecule has 0 fully saturated rings. The Labute approximate surface area is 155 Å². The normalized spacial score (nSPS) is 10.7. The molecule has 0 saturated carbocycles. The van der Waals surface area contributed by atoms with Gasteiger partial charge in [-0.05, 0) is 32.0 Å². The third-order valence-corrected chi connectivity index (χ3v) is 4.79. The van der Waals surface area contributed by atoms with Crippen molar-refractivity contribution in [3.05, 3.63) is 42.4 Å². The van der Waals surface area contributed by atoms with Gasteiger partial charge in [-0.25, -0.2) is 0 Å². The van der Waals surface area contributed by atoms with E-state index in [0.29, 0.717) is 23.1 Å². The summed E-state index contributed by atoms with van der Waals surface area (Å²) in [5, 5.41) is 12.0. The van der Waals surface area contributed by atoms with Gasteiger partial charge in [-0.15, -0.1) is 10.2 Å². The van der Waals surface area contributed by atoms with Crippen LogP contribution in [0, 0.1) is 6.92 Å². The number of furan rings is 1. The number of ether oxygens (including phenoxy) is 1. The fraction of sp³-hybridized carbons (Fsp3) is 0.278. The van der Waals surface area contributed by atoms with E-state index >= 15 is 0 Å². The SMILES string of the molecule is CCn1c(SCC(=O)Nc2cccc(OC)c2)nnc1-c1ccoc1C. The molecular formula is C18H20N4O3S. The maximum absolute atomic E-state index is 12.2. The molecule has 2 heterocycles. The summed E-state index contributed by atoms with van der Waals surface area (Å²) in [4.78, 5) is 12.2. The minimum absolute atomic E-state index is 0.116. The largest absolute Gasteiger partial charge is 0.497 e. The van der Waals surface area contributed by atoms with Gasteiger partial charge in [0.1, 0.15) is 11.5 Å². The van der Waals surface area contributed by atoms with Gasteiger partial charge in [0.25, 0.3) is 0 Å². The zero-order chi connectivity index (χ0) is 18.5. The van der Waals surface area contributed by atoms with Crippen molar-refractivity contribution in [2.75, 3.05) is 18.2 Å². The Kier molecular flexibility index (Phi) is 5.62. The Morgan fingerprint density at radius 2 is 2.19 bits per heavy atom. The van der Waals surface area contributed by atoms with Crippen molar-refractivity contribution in [2.24, 2.45) is 0 Å². The number of aryl methyl sites for hydroxylation is 1. The molecule has 0 spiro atoms. The highest BCUT2D eigenvalue weighted by Crippen LogP contribution is 2.27. The van der Waals surface area contributed by atoms with Crippen molar-refractivity contribution >= 4 is 23.4 Å². The molecule has 0 atom stereocenters. The second kappa shape index (κ2) is 8.09. The summed E-state index contributed by atoms with van der Waals surface area (Å²) < 4.78 is 12.5. The van der Waals surface area contributed by atoms with Gasteiger partial charge in [0, 0.05) is 18.3 Å². The lowest BCUT2D eigenvalue weighted by Crippen LogP contribution is -2.14. The first kappa shape index (κ1) is 18.1. The van der Waals surface area contributed by atoms with Gasteiger partial charge in [-0.1, -0.05) is 17.8 Å². The molecule has 0 aliphatic carbocycles. The van der Waals surface area contributed by atoms with Crippen LogP contribution in [0.1, 0.15) is 12.7 Å². The molecule has 26 heavy (non-hydrogen) atoms. The Hall–Kier alpha value is -2.74. The summed E-state index contributed by atoms with van der Waals surface area (Å²) in [6.07, 6.45) is 1.63. The molecule has 3 rings (SSSR count). The molecule has 0 radical (unpaired) electrons. The first-order valence-corrected chi connectivity index (χ1v) is 9.15. The van der Waals surface area contributed by atoms with Crippen LogP contribution in [0.4, 0.5) is 5.69 Å². The summed E-state index contributed by atoms with van der Waals surface area (Å²) in [5.41, 5.74) is 1.61. The van der Waals surface area contributed by atoms with Gasteiger partial charge in [-0.2, -0.15) is 0 Å². The Morgan fingerprint density at radius 3 is 2.88 bits per heavy atom. The quantitative estimate of drug-likeness (QED) is 0.638. The second-order valence-corrected chi connectivity index (χ2v) is 6.45. The van der Waals surface area contributed by atoms with Gasteiger partial charge in [0.15, 0.2) is 11.0 Å². The van der Waals surface area contributed by atoms with E-state index in [-0.39, 0.29) is 11.7 Å². The number of nitrogens with one attached hydrogen (secondary N) is 1. The van der Waals surface area contributed by atoms with Crippen LogP contribution < -0.4 is 10.1 Å². The van der Waals surface area contributed by atoms with Crippen LogP contribution in [0.3, 0.4) is 0 Å². The third kappa shape index (κ3) is 3.91. The van der Waals surface area contributed by atoms with Crippen LogP contribution in [0.2, 0.25) is 0 Å². The van der Waals surface area contributed by atoms with Crippen LogP contribution in [0.15, 0.2) is 46.2 Å². The topological polar surface area (TPSA) is 82.2 Å². The van der Waals surface area contributed by atoms with E-state index in [1.54, 1.807) is 19.4 Å². The summed E-state index contributed by atoms with van der Waals surface area (Å²) in [6, 6.07) is 9.12. The first-order chi connectivity index (χ1) is 12.6. The van der Waals surface area contributed by atoms with Gasteiger partial charge < -0.3 is 19.0 Å². The second-order valence-electron chi connectivity index (χ2n) is 5.51. The van der Waals surface area contributed by atoms with E-state index in [2.05, 4.69) is 15.5 Å². The summed E-state index contributed by atoms with van der Waals surface area (Å²) in [7, 11) is 1.59. The number of methoxy groups -OCH3 is 1. The van der Waals surface area contributed by atoms with Crippen molar-refractivity contribution in [1.29, 1.82) is 0 Å². The van der Waals surface area contributed by atoms with Gasteiger partial charge in [-0.3, -0.25) is 4.79 Å². The highest BCUT2D eigenvalue weighted by Gasteiger charge is 2.17. The smallest absolute Gasteiger partial charge is 0.234 e. The molecule has 7 nitrogen and oxygen atoms in total. The fourth-order valence-corrected chi connectivity index (χ4v) is 3.33. The van der Waals surface area contributed by atoms with Gasteiger partial charge >= 0.3 is 0 Å². The molecule has 1 N–H and O–H groups in total. The van der Waals surface area contributed by atoms with Crippen molar-refractivity contribution in [3.63, 3.8) is 0 Å². The molecule has 0 bridgehead atoms. The van der Waals surface area contributed by atoms with E-state index in [9.17, 15) is 4.79 Å². The third-order valence-electron chi connectivity index (χ3n) is 3.82. The molecule has 1 amide bonds. The molecule has 0 aliphatic heterocycles. The molecule has 8 heteroatoms. The number of amides is 1. The van der Waals surface area contributed by atoms with Crippen LogP contribution in [0.25, 0.3) is 11.4 Å². The summed E-state index contributed by atoms with van der Waals surface area (Å²) in [6.45, 7) is 4.61. The predicted molar refractivity (Wildman–Crippen MR) is 100 cm³/mol. The molecule has 0 aliphatic rings. The molecule has 0 saturated heterocycles. The Balaban J connectivity index is 1.67. The molecule has 2 aromatic heterocycles. The predicted octanol–water partition coefficient (Wildman–Crippen LogP) is 3.61. The number of carbonyl (C=O) groups excluding carboxylic acids is 1. The maximum Gasteiger partial charge on any atom is 0.234 e. The lowest BCUT2D eigenvalue weighted by Gasteiger charge is -2.08. The van der Waals surface area contributed by atoms with E-state index in [1.165, 1.54) is 11.8 Å². The number of hydrogen-bond acceptors (Lipinski definition) is 6. The molecule has 0 unspecified atom stereocenters. The Bertz CT molecular complexity index is 903. The minimum Gasteiger partial charge on any atom is -0.497 e. The molecule has 136 valence electrons. The highest BCUT2D eigenvalue weighted by atomic mass is 32.2. The lowest BCUT2D eigenvalue weighted by atomic mass is 10.2. The van der Waals surface area contributed by atoms with E-state index in [4.69, 9.17) is 9.15 Å². The van der Waals surface area contributed by atoms with E-state index < -0.39 is 0 Å². The number of rotatable bonds is 7. The number of thioether (sulfide) groups is 1. The molecule has 3 aromatic rings. The number of anilines is 1. The average Bonchev–Trinajstić information content (AvgIpc) is 3.25. The Morgan fingerprint density at radius 1 is 1.35 bits per heavy atom. The van der Waals surface area contributed by atoms with Crippen LogP contribution in [-0.4, -0.2) is 33.5 Å². The average molecular weight is 372 g/mol. The van der Waals surface area contributed by atoms with E-state index in [0.717, 1.165) is 17.1 Å². The fourth-order valence-electron chi connectivity index (χ4n) is 2.52. The number of benzene rings is 1. The van der Waals surface area contributed by atoms with Crippen LogP contribution in [0.5, 0.6) is 5.75 Å². The number of nitrogens with zero attached hydrogens (tertiary/aromatic N) is 3. The lowest BCUT2D eigenvalue weighted by molar-refractivity contribution is -0.113. The number of carbonyl (C=O) groups is 1. The van der Waals surface area contributed by atoms with Crippen molar-refractivity contribution in [1.82, 2.24) is 14.8 Å². The van der Waals surface area contributed by atoms with Crippen molar-refractivity contribution < 1.29 is 13.9 Å². The van der Waals surface area contributed by atoms with Crippen LogP contribution in [-0.2, 0) is 11.3 Å². The maximum atomic E-state index is 12.2. The van der Waals surface area contributed by atoms with Gasteiger partial charge in [0.2, 0.25) is 5.91 Å². The zero-order valence-electron chi connectivity index (χ0n) is 14.9. The first-order valence-electron chi connectivity index (χ1n) is 8.16. The number of hydrogen-bond donors (Lipinski definition) is 1. The van der Waals surface area contributed by atoms with Gasteiger partial charge in [0.05, 0.1) is 24.7 Å². The van der Waals surface area contributed by atoms with E-state index in [1.807, 2.05) is 42.7 Å². The van der Waals surface area contributed by atoms with Crippen molar-refractivity contribution in [2.45, 2.75) is 25.5 Å².